The van der Waals surface area contributed by atoms with Gasteiger partial charge >= 0.3 is 0 Å². The molecule has 0 saturated heterocycles. The van der Waals surface area contributed by atoms with Crippen molar-refractivity contribution < 1.29 is 14.2 Å². The Morgan fingerprint density at radius 2 is 1.89 bits per heavy atom. The molecule has 0 aliphatic rings. The highest BCUT2D eigenvalue weighted by Gasteiger charge is 2.06. The minimum absolute atomic E-state index is 0.466. The third-order valence-electron chi connectivity index (χ3n) is 2.49. The van der Waals surface area contributed by atoms with Gasteiger partial charge in [-0.2, -0.15) is 0 Å². The zero-order chi connectivity index (χ0) is 13.4. The third kappa shape index (κ3) is 4.94. The van der Waals surface area contributed by atoms with Crippen LogP contribution in [0.3, 0.4) is 0 Å². The van der Waals surface area contributed by atoms with Gasteiger partial charge in [0.05, 0.1) is 13.7 Å². The molecular formula is C14H23NO3. The molecule has 0 heterocycles. The maximum absolute atomic E-state index is 5.58. The van der Waals surface area contributed by atoms with Crippen LogP contribution in [0.4, 0.5) is 0 Å². The molecule has 18 heavy (non-hydrogen) atoms. The van der Waals surface area contributed by atoms with Crippen molar-refractivity contribution in [2.75, 3.05) is 27.4 Å². The van der Waals surface area contributed by atoms with Crippen molar-refractivity contribution in [3.63, 3.8) is 0 Å². The fraction of sp³-hybridized carbons (Fsp3) is 0.571. The Morgan fingerprint density at radius 1 is 1.11 bits per heavy atom. The van der Waals surface area contributed by atoms with Gasteiger partial charge < -0.3 is 19.5 Å². The maximum Gasteiger partial charge on any atom is 0.161 e. The second-order valence-corrected chi connectivity index (χ2v) is 4.36. The molecule has 1 aromatic carbocycles. The largest absolute Gasteiger partial charge is 0.493 e. The Bertz CT molecular complexity index is 353. The highest BCUT2D eigenvalue weighted by atomic mass is 16.5. The van der Waals surface area contributed by atoms with Crippen molar-refractivity contribution >= 4 is 0 Å². The summed E-state index contributed by atoms with van der Waals surface area (Å²) >= 11 is 0. The van der Waals surface area contributed by atoms with Gasteiger partial charge in [-0.15, -0.1) is 0 Å². The van der Waals surface area contributed by atoms with E-state index in [-0.39, 0.29) is 0 Å². The number of methoxy groups -OCH3 is 2. The van der Waals surface area contributed by atoms with Gasteiger partial charge in [-0.1, -0.05) is 19.9 Å². The van der Waals surface area contributed by atoms with Gasteiger partial charge in [0, 0.05) is 19.7 Å². The van der Waals surface area contributed by atoms with Crippen LogP contribution in [0, 0.1) is 0 Å². The molecule has 0 aliphatic heterocycles. The predicted molar refractivity (Wildman–Crippen MR) is 72.3 cm³/mol. The Labute approximate surface area is 109 Å². The van der Waals surface area contributed by atoms with E-state index in [1.165, 1.54) is 5.56 Å². The minimum atomic E-state index is 0.466. The van der Waals surface area contributed by atoms with E-state index in [1.54, 1.807) is 14.2 Å². The van der Waals surface area contributed by atoms with Crippen LogP contribution < -0.4 is 14.8 Å². The lowest BCUT2D eigenvalue weighted by Crippen LogP contribution is -2.21. The monoisotopic (exact) mass is 253 g/mol. The topological polar surface area (TPSA) is 39.7 Å². The van der Waals surface area contributed by atoms with Crippen molar-refractivity contribution in [1.29, 1.82) is 0 Å². The first kappa shape index (κ1) is 14.8. The van der Waals surface area contributed by atoms with Crippen LogP contribution in [-0.2, 0) is 11.3 Å². The molecule has 4 heteroatoms. The van der Waals surface area contributed by atoms with E-state index in [1.807, 2.05) is 18.2 Å². The predicted octanol–water partition coefficient (Wildman–Crippen LogP) is 2.22. The van der Waals surface area contributed by atoms with E-state index in [9.17, 15) is 0 Å². The van der Waals surface area contributed by atoms with E-state index < -0.39 is 0 Å². The summed E-state index contributed by atoms with van der Waals surface area (Å²) in [6.07, 6.45) is 0. The molecule has 0 bridgehead atoms. The SMILES string of the molecule is COCCOc1ccc(CNC(C)C)cc1OC. The first-order valence-corrected chi connectivity index (χ1v) is 6.19. The first-order chi connectivity index (χ1) is 8.67. The molecule has 1 aromatic rings. The quantitative estimate of drug-likeness (QED) is 0.721. The van der Waals surface area contributed by atoms with Crippen LogP contribution in [-0.4, -0.2) is 33.5 Å². The lowest BCUT2D eigenvalue weighted by atomic mass is 10.2. The van der Waals surface area contributed by atoms with Gasteiger partial charge in [-0.3, -0.25) is 0 Å². The summed E-state index contributed by atoms with van der Waals surface area (Å²) in [5, 5.41) is 3.37. The van der Waals surface area contributed by atoms with Gasteiger partial charge in [0.15, 0.2) is 11.5 Å². The van der Waals surface area contributed by atoms with Crippen LogP contribution in [0.1, 0.15) is 19.4 Å². The Hall–Kier alpha value is -1.26. The van der Waals surface area contributed by atoms with Crippen molar-refractivity contribution in [2.24, 2.45) is 0 Å². The zero-order valence-corrected chi connectivity index (χ0v) is 11.7. The molecule has 1 rings (SSSR count). The smallest absolute Gasteiger partial charge is 0.161 e. The summed E-state index contributed by atoms with van der Waals surface area (Å²) in [6.45, 7) is 6.17. The highest BCUT2D eigenvalue weighted by molar-refractivity contribution is 5.42. The molecular weight excluding hydrogens is 230 g/mol. The summed E-state index contributed by atoms with van der Waals surface area (Å²) in [4.78, 5) is 0. The fourth-order valence-electron chi connectivity index (χ4n) is 1.50. The van der Waals surface area contributed by atoms with Gasteiger partial charge in [-0.25, -0.2) is 0 Å². The van der Waals surface area contributed by atoms with E-state index in [2.05, 4.69) is 19.2 Å². The van der Waals surface area contributed by atoms with E-state index >= 15 is 0 Å². The molecule has 1 N–H and O–H groups in total. The number of benzene rings is 1. The molecule has 0 saturated carbocycles. The third-order valence-corrected chi connectivity index (χ3v) is 2.49. The average molecular weight is 253 g/mol. The second kappa shape index (κ2) is 7.95. The lowest BCUT2D eigenvalue weighted by Gasteiger charge is -2.13. The second-order valence-electron chi connectivity index (χ2n) is 4.36. The standard InChI is InChI=1S/C14H23NO3/c1-11(2)15-10-12-5-6-13(14(9-12)17-4)18-8-7-16-3/h5-6,9,11,15H,7-8,10H2,1-4H3. The van der Waals surface area contributed by atoms with Gasteiger partial charge in [0.2, 0.25) is 0 Å². The van der Waals surface area contributed by atoms with E-state index in [0.717, 1.165) is 18.0 Å². The van der Waals surface area contributed by atoms with Gasteiger partial charge in [-0.05, 0) is 17.7 Å². The lowest BCUT2D eigenvalue weighted by molar-refractivity contribution is 0.144. The van der Waals surface area contributed by atoms with Gasteiger partial charge in [0.1, 0.15) is 6.61 Å². The van der Waals surface area contributed by atoms with E-state index in [0.29, 0.717) is 19.3 Å². The zero-order valence-electron chi connectivity index (χ0n) is 11.7. The average Bonchev–Trinajstić information content (AvgIpc) is 2.37. The highest BCUT2D eigenvalue weighted by Crippen LogP contribution is 2.28. The maximum atomic E-state index is 5.58. The molecule has 0 atom stereocenters. The number of nitrogens with one attached hydrogen (secondary N) is 1. The van der Waals surface area contributed by atoms with Crippen molar-refractivity contribution in [3.05, 3.63) is 23.8 Å². The Balaban J connectivity index is 2.64. The van der Waals surface area contributed by atoms with Crippen LogP contribution in [0.5, 0.6) is 11.5 Å². The van der Waals surface area contributed by atoms with Crippen LogP contribution in [0.2, 0.25) is 0 Å². The van der Waals surface area contributed by atoms with Gasteiger partial charge in [0.25, 0.3) is 0 Å². The summed E-state index contributed by atoms with van der Waals surface area (Å²) < 4.78 is 15.9. The molecule has 0 amide bonds. The molecule has 4 nitrogen and oxygen atoms in total. The van der Waals surface area contributed by atoms with Crippen molar-refractivity contribution in [3.8, 4) is 11.5 Å². The van der Waals surface area contributed by atoms with Crippen molar-refractivity contribution in [2.45, 2.75) is 26.4 Å². The van der Waals surface area contributed by atoms with Crippen LogP contribution in [0.15, 0.2) is 18.2 Å². The molecule has 0 radical (unpaired) electrons. The molecule has 0 aliphatic carbocycles. The summed E-state index contributed by atoms with van der Waals surface area (Å²) in [6, 6.07) is 6.44. The van der Waals surface area contributed by atoms with Crippen LogP contribution in [0.25, 0.3) is 0 Å². The molecule has 0 unspecified atom stereocenters. The fourth-order valence-corrected chi connectivity index (χ4v) is 1.50. The number of rotatable bonds is 8. The Morgan fingerprint density at radius 3 is 2.50 bits per heavy atom. The van der Waals surface area contributed by atoms with Crippen LogP contribution >= 0.6 is 0 Å². The molecule has 0 spiro atoms. The molecule has 0 fully saturated rings. The van der Waals surface area contributed by atoms with E-state index in [4.69, 9.17) is 14.2 Å². The number of hydrogen-bond donors (Lipinski definition) is 1. The molecule has 102 valence electrons. The number of ether oxygens (including phenoxy) is 3. The molecule has 0 aromatic heterocycles. The Kier molecular flexibility index (Phi) is 6.54. The van der Waals surface area contributed by atoms with Crippen molar-refractivity contribution in [1.82, 2.24) is 5.32 Å². The normalized spacial score (nSPS) is 10.7. The summed E-state index contributed by atoms with van der Waals surface area (Å²) in [5.41, 5.74) is 1.18. The minimum Gasteiger partial charge on any atom is -0.493 e. The summed E-state index contributed by atoms with van der Waals surface area (Å²) in [7, 11) is 3.31. The summed E-state index contributed by atoms with van der Waals surface area (Å²) in [5.74, 6) is 1.51. The first-order valence-electron chi connectivity index (χ1n) is 6.19. The number of hydrogen-bond acceptors (Lipinski definition) is 4.